The summed E-state index contributed by atoms with van der Waals surface area (Å²) in [4.78, 5) is 24.6. The molecule has 0 saturated heterocycles. The van der Waals surface area contributed by atoms with Gasteiger partial charge in [-0.3, -0.25) is 0 Å². The summed E-state index contributed by atoms with van der Waals surface area (Å²) in [5.41, 5.74) is 1.86. The van der Waals surface area contributed by atoms with Crippen LogP contribution in [-0.2, 0) is 15.9 Å². The lowest BCUT2D eigenvalue weighted by Gasteiger charge is -2.08. The quantitative estimate of drug-likeness (QED) is 0.234. The van der Waals surface area contributed by atoms with Crippen LogP contribution < -0.4 is 0 Å². The molecule has 0 aliphatic rings. The largest absolute Gasteiger partial charge is 0.462 e. The molecule has 4 heteroatoms. The van der Waals surface area contributed by atoms with Gasteiger partial charge in [0.15, 0.2) is 0 Å². The van der Waals surface area contributed by atoms with Gasteiger partial charge in [0, 0.05) is 6.42 Å². The monoisotopic (exact) mass is 424 g/mol. The van der Waals surface area contributed by atoms with Crippen molar-refractivity contribution in [1.29, 1.82) is 0 Å². The van der Waals surface area contributed by atoms with E-state index < -0.39 is 11.9 Å². The van der Waals surface area contributed by atoms with Crippen LogP contribution in [0.4, 0.5) is 0 Å². The molecular formula is C27H36O4. The fraction of sp³-hybridized carbons (Fsp3) is 0.481. The van der Waals surface area contributed by atoms with Crippen molar-refractivity contribution < 1.29 is 19.1 Å². The summed E-state index contributed by atoms with van der Waals surface area (Å²) in [5.74, 6) is -0.817. The van der Waals surface area contributed by atoms with Gasteiger partial charge in [0.25, 0.3) is 0 Å². The van der Waals surface area contributed by atoms with Gasteiger partial charge in [-0.1, -0.05) is 94.7 Å². The Kier molecular flexibility index (Phi) is 12.1. The predicted octanol–water partition coefficient (Wildman–Crippen LogP) is 6.77. The first-order chi connectivity index (χ1) is 15.2. The molecule has 0 fully saturated rings. The Morgan fingerprint density at radius 3 is 1.81 bits per heavy atom. The van der Waals surface area contributed by atoms with E-state index in [0.717, 1.165) is 18.4 Å². The average molecular weight is 425 g/mol. The van der Waals surface area contributed by atoms with Crippen LogP contribution in [0.5, 0.6) is 0 Å². The van der Waals surface area contributed by atoms with E-state index in [-0.39, 0.29) is 0 Å². The highest BCUT2D eigenvalue weighted by molar-refractivity contribution is 5.95. The maximum absolute atomic E-state index is 12.3. The van der Waals surface area contributed by atoms with Crippen molar-refractivity contribution in [3.8, 4) is 0 Å². The Morgan fingerprint density at radius 1 is 0.645 bits per heavy atom. The van der Waals surface area contributed by atoms with Gasteiger partial charge in [0.2, 0.25) is 0 Å². The zero-order valence-corrected chi connectivity index (χ0v) is 18.8. The van der Waals surface area contributed by atoms with Crippen molar-refractivity contribution in [2.45, 2.75) is 71.1 Å². The van der Waals surface area contributed by atoms with E-state index in [4.69, 9.17) is 9.47 Å². The Hall–Kier alpha value is -2.62. The highest BCUT2D eigenvalue weighted by Gasteiger charge is 2.12. The van der Waals surface area contributed by atoms with Crippen LogP contribution in [-0.4, -0.2) is 25.2 Å². The second-order valence-corrected chi connectivity index (χ2v) is 7.92. The maximum Gasteiger partial charge on any atom is 0.338 e. The van der Waals surface area contributed by atoms with Crippen molar-refractivity contribution in [3.63, 3.8) is 0 Å². The van der Waals surface area contributed by atoms with Crippen LogP contribution in [0.15, 0.2) is 54.6 Å². The molecule has 0 heterocycles. The number of ether oxygens (including phenoxy) is 2. The van der Waals surface area contributed by atoms with Crippen molar-refractivity contribution in [2.75, 3.05) is 13.2 Å². The number of rotatable bonds is 15. The minimum Gasteiger partial charge on any atom is -0.462 e. The van der Waals surface area contributed by atoms with E-state index >= 15 is 0 Å². The van der Waals surface area contributed by atoms with Gasteiger partial charge in [-0.05, 0) is 30.2 Å². The van der Waals surface area contributed by atoms with E-state index in [1.165, 1.54) is 44.9 Å². The summed E-state index contributed by atoms with van der Waals surface area (Å²) in [6.07, 6.45) is 11.6. The second-order valence-electron chi connectivity index (χ2n) is 7.92. The van der Waals surface area contributed by atoms with E-state index in [1.807, 2.05) is 30.3 Å². The number of esters is 2. The van der Waals surface area contributed by atoms with Crippen molar-refractivity contribution in [3.05, 3.63) is 71.3 Å². The number of carbonyl (C=O) groups is 2. The van der Waals surface area contributed by atoms with Gasteiger partial charge in [0.1, 0.15) is 0 Å². The minimum absolute atomic E-state index is 0.302. The van der Waals surface area contributed by atoms with E-state index in [0.29, 0.717) is 30.8 Å². The first-order valence-electron chi connectivity index (χ1n) is 11.7. The zero-order chi connectivity index (χ0) is 22.2. The third-order valence-electron chi connectivity index (χ3n) is 5.28. The average Bonchev–Trinajstić information content (AvgIpc) is 2.81. The molecule has 0 aromatic heterocycles. The predicted molar refractivity (Wildman–Crippen MR) is 124 cm³/mol. The van der Waals surface area contributed by atoms with E-state index in [9.17, 15) is 9.59 Å². The lowest BCUT2D eigenvalue weighted by Crippen LogP contribution is -2.11. The number of benzene rings is 2. The van der Waals surface area contributed by atoms with Crippen molar-refractivity contribution in [2.24, 2.45) is 0 Å². The molecule has 0 radical (unpaired) electrons. The molecule has 31 heavy (non-hydrogen) atoms. The normalized spacial score (nSPS) is 10.6. The second kappa shape index (κ2) is 15.2. The minimum atomic E-state index is -0.426. The SMILES string of the molecule is CCCCCCCCCCCOC(=O)c1cccc(C(=O)OCCc2ccccc2)c1. The molecule has 2 aromatic carbocycles. The molecule has 0 spiro atoms. The van der Waals surface area contributed by atoms with Crippen LogP contribution in [0, 0.1) is 0 Å². The smallest absolute Gasteiger partial charge is 0.338 e. The van der Waals surface area contributed by atoms with Gasteiger partial charge >= 0.3 is 11.9 Å². The summed E-state index contributed by atoms with van der Waals surface area (Å²) in [7, 11) is 0. The van der Waals surface area contributed by atoms with Gasteiger partial charge < -0.3 is 9.47 Å². The molecule has 0 amide bonds. The molecule has 0 unspecified atom stereocenters. The van der Waals surface area contributed by atoms with Gasteiger partial charge in [0.05, 0.1) is 24.3 Å². The Morgan fingerprint density at radius 2 is 1.19 bits per heavy atom. The van der Waals surface area contributed by atoms with Gasteiger partial charge in [-0.15, -0.1) is 0 Å². The first-order valence-corrected chi connectivity index (χ1v) is 11.7. The summed E-state index contributed by atoms with van der Waals surface area (Å²) in [5, 5.41) is 0. The standard InChI is InChI=1S/C27H36O4/c1-2-3-4-5-6-7-8-9-13-20-30-26(28)24-17-14-18-25(22-24)27(29)31-21-19-23-15-11-10-12-16-23/h10-12,14-18,22H,2-9,13,19-21H2,1H3. The molecular weight excluding hydrogens is 388 g/mol. The van der Waals surface area contributed by atoms with Crippen LogP contribution in [0.3, 0.4) is 0 Å². The lowest BCUT2D eigenvalue weighted by atomic mass is 10.1. The lowest BCUT2D eigenvalue weighted by molar-refractivity contribution is 0.0497. The number of hydrogen-bond acceptors (Lipinski definition) is 4. The third-order valence-corrected chi connectivity index (χ3v) is 5.28. The number of hydrogen-bond donors (Lipinski definition) is 0. The van der Waals surface area contributed by atoms with Crippen LogP contribution in [0.2, 0.25) is 0 Å². The topological polar surface area (TPSA) is 52.6 Å². The van der Waals surface area contributed by atoms with Crippen LogP contribution in [0.1, 0.15) is 91.0 Å². The fourth-order valence-electron chi connectivity index (χ4n) is 3.42. The zero-order valence-electron chi connectivity index (χ0n) is 18.8. The summed E-state index contributed by atoms with van der Waals surface area (Å²) >= 11 is 0. The number of unbranched alkanes of at least 4 members (excludes halogenated alkanes) is 8. The molecule has 0 bridgehead atoms. The van der Waals surface area contributed by atoms with E-state index in [1.54, 1.807) is 24.3 Å². The molecule has 0 saturated carbocycles. The molecule has 0 aliphatic heterocycles. The molecule has 0 atom stereocenters. The molecule has 0 aliphatic carbocycles. The Labute approximate surface area is 187 Å². The molecule has 2 rings (SSSR count). The highest BCUT2D eigenvalue weighted by atomic mass is 16.5. The molecule has 168 valence electrons. The Bertz CT molecular complexity index is 770. The van der Waals surface area contributed by atoms with E-state index in [2.05, 4.69) is 6.92 Å². The molecule has 2 aromatic rings. The third kappa shape index (κ3) is 10.3. The molecule has 4 nitrogen and oxygen atoms in total. The van der Waals surface area contributed by atoms with Gasteiger partial charge in [-0.25, -0.2) is 9.59 Å². The Balaban J connectivity index is 1.63. The maximum atomic E-state index is 12.3. The molecule has 0 N–H and O–H groups in total. The summed E-state index contributed by atoms with van der Waals surface area (Å²) < 4.78 is 10.7. The van der Waals surface area contributed by atoms with Crippen molar-refractivity contribution in [1.82, 2.24) is 0 Å². The first kappa shape index (κ1) is 24.6. The van der Waals surface area contributed by atoms with Crippen LogP contribution >= 0.6 is 0 Å². The van der Waals surface area contributed by atoms with Gasteiger partial charge in [-0.2, -0.15) is 0 Å². The van der Waals surface area contributed by atoms with Crippen LogP contribution in [0.25, 0.3) is 0 Å². The summed E-state index contributed by atoms with van der Waals surface area (Å²) in [6.45, 7) is 2.95. The number of carbonyl (C=O) groups excluding carboxylic acids is 2. The highest BCUT2D eigenvalue weighted by Crippen LogP contribution is 2.12. The summed E-state index contributed by atoms with van der Waals surface area (Å²) in [6, 6.07) is 16.4. The fourth-order valence-corrected chi connectivity index (χ4v) is 3.42. The van der Waals surface area contributed by atoms with Crippen molar-refractivity contribution >= 4 is 11.9 Å².